The molecule has 0 radical (unpaired) electrons. The van der Waals surface area contributed by atoms with E-state index in [1.807, 2.05) is 0 Å². The predicted molar refractivity (Wildman–Crippen MR) is 193 cm³/mol. The van der Waals surface area contributed by atoms with E-state index in [1.165, 1.54) is 167 Å². The van der Waals surface area contributed by atoms with E-state index in [9.17, 15) is 9.59 Å². The van der Waals surface area contributed by atoms with E-state index < -0.39 is 5.91 Å². The molecule has 0 aliphatic carbocycles. The maximum absolute atomic E-state index is 12.5. The van der Waals surface area contributed by atoms with Gasteiger partial charge in [0.2, 0.25) is 0 Å². The van der Waals surface area contributed by atoms with E-state index >= 15 is 0 Å². The minimum Gasteiger partial charge on any atom is -0.409 e. The smallest absolute Gasteiger partial charge is 0.317 e. The maximum Gasteiger partial charge on any atom is 0.317 e. The molecule has 0 atom stereocenters. The lowest BCUT2D eigenvalue weighted by Crippen LogP contribution is -2.49. The second-order valence-corrected chi connectivity index (χ2v) is 14.1. The summed E-state index contributed by atoms with van der Waals surface area (Å²) in [7, 11) is 3.56. The summed E-state index contributed by atoms with van der Waals surface area (Å²) in [5.41, 5.74) is 0. The van der Waals surface area contributed by atoms with E-state index in [0.717, 1.165) is 25.7 Å². The Balaban J connectivity index is 3.76. The average Bonchev–Trinajstić information content (AvgIpc) is 3.00. The molecule has 0 heterocycles. The molecule has 0 amide bonds. The maximum atomic E-state index is 12.5. The third kappa shape index (κ3) is 30.0. The molecule has 0 saturated carbocycles. The van der Waals surface area contributed by atoms with Crippen LogP contribution in [0, 0.1) is 0 Å². The molecule has 0 aliphatic rings. The van der Waals surface area contributed by atoms with Crippen molar-refractivity contribution in [1.82, 2.24) is 4.90 Å². The van der Waals surface area contributed by atoms with Crippen molar-refractivity contribution >= 4 is 11.9 Å². The molecular weight excluding hydrogens is 558 g/mol. The van der Waals surface area contributed by atoms with Crippen LogP contribution in [0.5, 0.6) is 0 Å². The SMILES string of the molecule is CCCCCCCCCCCCCCCCCC(=O)OC(C)(OC(=O)CCCCCCCCCCCCCCCCC)N(C)C. The summed E-state index contributed by atoms with van der Waals surface area (Å²) in [6.07, 6.45) is 39.7. The highest BCUT2D eigenvalue weighted by atomic mass is 16.8. The number of esters is 2. The molecule has 0 saturated heterocycles. The van der Waals surface area contributed by atoms with Gasteiger partial charge in [-0.3, -0.25) is 9.59 Å². The van der Waals surface area contributed by atoms with Gasteiger partial charge in [0.15, 0.2) is 0 Å². The lowest BCUT2D eigenvalue weighted by atomic mass is 10.0. The Kier molecular flexibility index (Phi) is 32.0. The highest BCUT2D eigenvalue weighted by Crippen LogP contribution is 2.20. The van der Waals surface area contributed by atoms with Gasteiger partial charge in [0.1, 0.15) is 0 Å². The number of hydrogen-bond acceptors (Lipinski definition) is 5. The second-order valence-electron chi connectivity index (χ2n) is 14.1. The molecule has 0 aliphatic heterocycles. The van der Waals surface area contributed by atoms with Crippen molar-refractivity contribution in [3.05, 3.63) is 0 Å². The van der Waals surface area contributed by atoms with Crippen LogP contribution in [-0.4, -0.2) is 36.8 Å². The first-order valence-electron chi connectivity index (χ1n) is 20.0. The first kappa shape index (κ1) is 43.9. The van der Waals surface area contributed by atoms with Crippen molar-refractivity contribution in [2.75, 3.05) is 14.1 Å². The fourth-order valence-electron chi connectivity index (χ4n) is 6.01. The standard InChI is InChI=1S/C40H79NO4/c1-6-8-10-12-14-16-18-20-22-24-26-28-30-32-34-36-38(42)44-40(3,41(4)5)45-39(43)37-35-33-31-29-27-25-23-21-19-17-15-13-11-9-7-2/h6-37H2,1-5H3. The lowest BCUT2D eigenvalue weighted by Gasteiger charge is -2.34. The predicted octanol–water partition coefficient (Wildman–Crippen LogP) is 12.8. The van der Waals surface area contributed by atoms with Crippen LogP contribution in [0.4, 0.5) is 0 Å². The van der Waals surface area contributed by atoms with E-state index in [1.54, 1.807) is 25.9 Å². The molecule has 0 aromatic rings. The number of carbonyl (C=O) groups excluding carboxylic acids is 2. The fraction of sp³-hybridized carbons (Fsp3) is 0.950. The van der Waals surface area contributed by atoms with Gasteiger partial charge >= 0.3 is 17.8 Å². The van der Waals surface area contributed by atoms with Crippen molar-refractivity contribution in [3.8, 4) is 0 Å². The first-order chi connectivity index (χ1) is 21.9. The Morgan fingerprint density at radius 2 is 0.600 bits per heavy atom. The fourth-order valence-corrected chi connectivity index (χ4v) is 6.01. The van der Waals surface area contributed by atoms with Crippen molar-refractivity contribution in [2.24, 2.45) is 0 Å². The molecule has 0 unspecified atom stereocenters. The topological polar surface area (TPSA) is 55.8 Å². The largest absolute Gasteiger partial charge is 0.409 e. The lowest BCUT2D eigenvalue weighted by molar-refractivity contribution is -0.269. The van der Waals surface area contributed by atoms with Crippen molar-refractivity contribution in [1.29, 1.82) is 0 Å². The van der Waals surface area contributed by atoms with Crippen LogP contribution in [0.15, 0.2) is 0 Å². The third-order valence-corrected chi connectivity index (χ3v) is 9.39. The van der Waals surface area contributed by atoms with Gasteiger partial charge in [-0.2, -0.15) is 0 Å². The Bertz CT molecular complexity index is 602. The molecule has 0 N–H and O–H groups in total. The van der Waals surface area contributed by atoms with Crippen LogP contribution in [0.25, 0.3) is 0 Å². The zero-order chi connectivity index (χ0) is 33.3. The summed E-state index contributed by atoms with van der Waals surface area (Å²) in [5.74, 6) is -1.93. The van der Waals surface area contributed by atoms with Gasteiger partial charge in [-0.15, -0.1) is 0 Å². The molecule has 0 spiro atoms. The van der Waals surface area contributed by atoms with Gasteiger partial charge in [0.25, 0.3) is 0 Å². The van der Waals surface area contributed by atoms with Crippen LogP contribution in [0.1, 0.15) is 226 Å². The quantitative estimate of drug-likeness (QED) is 0.0393. The van der Waals surface area contributed by atoms with Crippen LogP contribution < -0.4 is 0 Å². The molecular formula is C40H79NO4. The molecule has 5 nitrogen and oxygen atoms in total. The molecule has 5 heteroatoms. The summed E-state index contributed by atoms with van der Waals surface area (Å²) in [6.45, 7) is 6.22. The van der Waals surface area contributed by atoms with Crippen LogP contribution in [0.2, 0.25) is 0 Å². The van der Waals surface area contributed by atoms with E-state index in [0.29, 0.717) is 12.8 Å². The van der Waals surface area contributed by atoms with Gasteiger partial charge in [0.05, 0.1) is 0 Å². The van der Waals surface area contributed by atoms with E-state index in [-0.39, 0.29) is 11.9 Å². The Labute approximate surface area is 281 Å². The van der Waals surface area contributed by atoms with Gasteiger partial charge in [0, 0.05) is 19.8 Å². The van der Waals surface area contributed by atoms with E-state index in [2.05, 4.69) is 13.8 Å². The number of hydrogen-bond donors (Lipinski definition) is 0. The van der Waals surface area contributed by atoms with Crippen molar-refractivity contribution in [2.45, 2.75) is 232 Å². The third-order valence-electron chi connectivity index (χ3n) is 9.39. The average molecular weight is 638 g/mol. The van der Waals surface area contributed by atoms with E-state index in [4.69, 9.17) is 9.47 Å². The molecule has 0 fully saturated rings. The highest BCUT2D eigenvalue weighted by molar-refractivity contribution is 5.71. The van der Waals surface area contributed by atoms with Crippen LogP contribution in [0.3, 0.4) is 0 Å². The summed E-state index contributed by atoms with van der Waals surface area (Å²) in [5, 5.41) is 0. The summed E-state index contributed by atoms with van der Waals surface area (Å²) >= 11 is 0. The molecule has 45 heavy (non-hydrogen) atoms. The number of ether oxygens (including phenoxy) is 2. The van der Waals surface area contributed by atoms with Crippen LogP contribution in [-0.2, 0) is 19.1 Å². The number of nitrogens with zero attached hydrogens (tertiary/aromatic N) is 1. The second kappa shape index (κ2) is 32.8. The monoisotopic (exact) mass is 638 g/mol. The summed E-state index contributed by atoms with van der Waals surface area (Å²) in [6, 6.07) is 0. The number of carbonyl (C=O) groups is 2. The number of unbranched alkanes of at least 4 members (excludes halogenated alkanes) is 28. The Hall–Kier alpha value is -1.10. The zero-order valence-electron chi connectivity index (χ0n) is 31.2. The minimum atomic E-state index is -1.35. The summed E-state index contributed by atoms with van der Waals surface area (Å²) < 4.78 is 11.3. The highest BCUT2D eigenvalue weighted by Gasteiger charge is 2.35. The van der Waals surface area contributed by atoms with Gasteiger partial charge in [-0.1, -0.05) is 194 Å². The first-order valence-corrected chi connectivity index (χ1v) is 20.0. The molecule has 268 valence electrons. The zero-order valence-corrected chi connectivity index (χ0v) is 31.2. The molecule has 0 aromatic carbocycles. The molecule has 0 aromatic heterocycles. The minimum absolute atomic E-state index is 0.291. The Morgan fingerprint density at radius 3 is 0.800 bits per heavy atom. The van der Waals surface area contributed by atoms with Crippen molar-refractivity contribution in [3.63, 3.8) is 0 Å². The Morgan fingerprint density at radius 1 is 0.400 bits per heavy atom. The molecule has 0 bridgehead atoms. The van der Waals surface area contributed by atoms with Gasteiger partial charge in [-0.25, -0.2) is 4.90 Å². The van der Waals surface area contributed by atoms with Crippen molar-refractivity contribution < 1.29 is 19.1 Å². The summed E-state index contributed by atoms with van der Waals surface area (Å²) in [4.78, 5) is 26.8. The normalized spacial score (nSPS) is 11.8. The van der Waals surface area contributed by atoms with Gasteiger partial charge < -0.3 is 9.47 Å². The van der Waals surface area contributed by atoms with Gasteiger partial charge in [-0.05, 0) is 26.9 Å². The molecule has 0 rings (SSSR count). The number of rotatable bonds is 35. The van der Waals surface area contributed by atoms with Crippen LogP contribution >= 0.6 is 0 Å².